The number of hydrogen-bond acceptors (Lipinski definition) is 9. The van der Waals surface area contributed by atoms with Crippen molar-refractivity contribution >= 4 is 30.0 Å². The molecule has 1 aromatic rings. The number of carbonyl (C=O) groups excluding carboxylic acids is 4. The second kappa shape index (κ2) is 15.3. The molecule has 0 bridgehead atoms. The van der Waals surface area contributed by atoms with Crippen LogP contribution < -0.4 is 15.4 Å². The molecule has 1 saturated heterocycles. The maximum atomic E-state index is 14.2. The van der Waals surface area contributed by atoms with Crippen LogP contribution in [-0.4, -0.2) is 113 Å². The van der Waals surface area contributed by atoms with Crippen molar-refractivity contribution in [2.24, 2.45) is 5.92 Å². The molecule has 1 saturated carbocycles. The fraction of sp³-hybridized carbons (Fsp3) is 0.639. The molecule has 5 atom stereocenters. The maximum Gasteiger partial charge on any atom is 0.410 e. The smallest absolute Gasteiger partial charge is 0.410 e. The summed E-state index contributed by atoms with van der Waals surface area (Å²) in [5.41, 5.74) is -0.349. The number of ether oxygens (including phenoxy) is 3. The van der Waals surface area contributed by atoms with Crippen molar-refractivity contribution in [3.05, 3.63) is 41.5 Å². The molecule has 3 N–H and O–H groups in total. The topological polar surface area (TPSA) is 167 Å². The Balaban J connectivity index is 1.32. The Hall–Kier alpha value is -4.33. The van der Waals surface area contributed by atoms with Crippen LogP contribution in [0.2, 0.25) is 0 Å². The van der Waals surface area contributed by atoms with Gasteiger partial charge in [-0.3, -0.25) is 14.5 Å². The minimum atomic E-state index is -1.47. The van der Waals surface area contributed by atoms with Gasteiger partial charge >= 0.3 is 18.2 Å². The van der Waals surface area contributed by atoms with Crippen molar-refractivity contribution in [2.45, 2.75) is 108 Å². The lowest BCUT2D eigenvalue weighted by Gasteiger charge is -2.30. The summed E-state index contributed by atoms with van der Waals surface area (Å²) in [4.78, 5) is 71.6. The lowest BCUT2D eigenvalue weighted by Crippen LogP contribution is -2.56. The highest BCUT2D eigenvalue weighted by atomic mass is 16.6. The van der Waals surface area contributed by atoms with E-state index < -0.39 is 59.3 Å². The molecule has 50 heavy (non-hydrogen) atoms. The Kier molecular flexibility index (Phi) is 11.3. The fourth-order valence-electron chi connectivity index (χ4n) is 6.75. The first-order valence-electron chi connectivity index (χ1n) is 17.5. The van der Waals surface area contributed by atoms with Crippen molar-refractivity contribution in [3.63, 3.8) is 0 Å². The molecule has 0 spiro atoms. The minimum Gasteiger partial charge on any atom is -0.492 e. The minimum absolute atomic E-state index is 0.0245. The van der Waals surface area contributed by atoms with E-state index in [0.717, 1.165) is 36.9 Å². The predicted molar refractivity (Wildman–Crippen MR) is 182 cm³/mol. The number of aliphatic carboxylic acids is 1. The maximum absolute atomic E-state index is 14.2. The quantitative estimate of drug-likeness (QED) is 0.360. The highest BCUT2D eigenvalue weighted by Crippen LogP contribution is 2.45. The van der Waals surface area contributed by atoms with E-state index in [9.17, 15) is 29.1 Å². The molecule has 4 amide bonds. The number of fused-ring (bicyclic) bond motifs is 3. The molecule has 1 aliphatic carbocycles. The summed E-state index contributed by atoms with van der Waals surface area (Å²) in [6.45, 7) is 7.02. The van der Waals surface area contributed by atoms with E-state index in [-0.39, 0.29) is 25.3 Å². The van der Waals surface area contributed by atoms with Crippen LogP contribution in [-0.2, 0) is 36.9 Å². The first-order chi connectivity index (χ1) is 23.6. The van der Waals surface area contributed by atoms with Crippen LogP contribution in [0.5, 0.6) is 5.75 Å². The molecule has 3 aliphatic heterocycles. The molecule has 2 fully saturated rings. The van der Waals surface area contributed by atoms with Crippen molar-refractivity contribution in [1.29, 1.82) is 0 Å². The van der Waals surface area contributed by atoms with Gasteiger partial charge in [0.1, 0.15) is 41.7 Å². The van der Waals surface area contributed by atoms with E-state index in [1.807, 2.05) is 49.3 Å². The molecule has 14 nitrogen and oxygen atoms in total. The number of carboxylic acid groups (broad SMARTS) is 1. The number of benzene rings is 1. The molecule has 0 aromatic heterocycles. The van der Waals surface area contributed by atoms with Gasteiger partial charge in [0.05, 0.1) is 6.54 Å². The monoisotopic (exact) mass is 697 g/mol. The first kappa shape index (κ1) is 36.9. The molecule has 1 aromatic carbocycles. The van der Waals surface area contributed by atoms with Crippen LogP contribution in [0, 0.1) is 5.92 Å². The average Bonchev–Trinajstić information content (AvgIpc) is 3.34. The van der Waals surface area contributed by atoms with E-state index in [2.05, 4.69) is 10.6 Å². The van der Waals surface area contributed by atoms with E-state index in [1.165, 1.54) is 4.90 Å². The summed E-state index contributed by atoms with van der Waals surface area (Å²) in [6, 6.07) is 3.61. The number of allylic oxidation sites excluding steroid dienone is 1. The third kappa shape index (κ3) is 9.06. The summed E-state index contributed by atoms with van der Waals surface area (Å²) < 4.78 is 17.2. The largest absolute Gasteiger partial charge is 0.492 e. The molecule has 1 unspecified atom stereocenters. The van der Waals surface area contributed by atoms with Crippen LogP contribution in [0.3, 0.4) is 0 Å². The summed E-state index contributed by atoms with van der Waals surface area (Å²) in [5.74, 6) is -1.96. The van der Waals surface area contributed by atoms with Gasteiger partial charge in [0.25, 0.3) is 0 Å². The summed E-state index contributed by atoms with van der Waals surface area (Å²) in [7, 11) is 3.94. The molecule has 274 valence electrons. The number of carbonyl (C=O) groups is 5. The summed E-state index contributed by atoms with van der Waals surface area (Å²) in [5, 5.41) is 15.5. The van der Waals surface area contributed by atoms with Gasteiger partial charge in [-0.25, -0.2) is 14.4 Å². The van der Waals surface area contributed by atoms with Gasteiger partial charge in [0, 0.05) is 32.0 Å². The summed E-state index contributed by atoms with van der Waals surface area (Å²) in [6.07, 6.45) is 5.08. The van der Waals surface area contributed by atoms with Gasteiger partial charge in [0.15, 0.2) is 0 Å². The van der Waals surface area contributed by atoms with Crippen LogP contribution in [0.25, 0.3) is 0 Å². The van der Waals surface area contributed by atoms with Crippen molar-refractivity contribution in [3.8, 4) is 5.75 Å². The van der Waals surface area contributed by atoms with E-state index in [4.69, 9.17) is 14.2 Å². The highest BCUT2D eigenvalue weighted by Gasteiger charge is 2.61. The Bertz CT molecular complexity index is 1490. The van der Waals surface area contributed by atoms with Crippen LogP contribution in [0.4, 0.5) is 9.59 Å². The molecule has 4 aliphatic rings. The lowest BCUT2D eigenvalue weighted by atomic mass is 10.0. The van der Waals surface area contributed by atoms with Crippen LogP contribution >= 0.6 is 0 Å². The summed E-state index contributed by atoms with van der Waals surface area (Å²) >= 11 is 0. The Morgan fingerprint density at radius 3 is 2.58 bits per heavy atom. The third-order valence-corrected chi connectivity index (χ3v) is 9.55. The molecule has 0 radical (unpaired) electrons. The Morgan fingerprint density at radius 2 is 1.86 bits per heavy atom. The number of likely N-dealkylation sites (N-methyl/N-ethyl adjacent to an activating group) is 1. The number of rotatable bonds is 7. The number of alkyl carbamates (subject to hydrolysis) is 1. The van der Waals surface area contributed by atoms with Gasteiger partial charge in [-0.05, 0) is 83.8 Å². The second-order valence-electron chi connectivity index (χ2n) is 15.0. The van der Waals surface area contributed by atoms with E-state index >= 15 is 0 Å². The second-order valence-corrected chi connectivity index (χ2v) is 15.0. The molecule has 5 rings (SSSR count). The van der Waals surface area contributed by atoms with Crippen LogP contribution in [0.1, 0.15) is 76.8 Å². The SMILES string of the molecule is CN(C)CCOc1ccc2c(c1)CN(C(=O)O[C@@H]1CC3C(=O)N[C@]4(C(=O)O)C[C@H]4C=CCCCCC[C@H](NC(=O)OC(C)(C)C)C(=O)N3C1)C2. The van der Waals surface area contributed by atoms with Gasteiger partial charge in [-0.1, -0.05) is 31.1 Å². The predicted octanol–water partition coefficient (Wildman–Crippen LogP) is 3.42. The lowest BCUT2D eigenvalue weighted by molar-refractivity contribution is -0.145. The molecule has 3 heterocycles. The zero-order valence-electron chi connectivity index (χ0n) is 29.7. The number of amides is 4. The van der Waals surface area contributed by atoms with Crippen molar-refractivity contribution < 1.29 is 43.3 Å². The van der Waals surface area contributed by atoms with Gasteiger partial charge in [-0.15, -0.1) is 0 Å². The Labute approximate surface area is 293 Å². The zero-order valence-corrected chi connectivity index (χ0v) is 29.7. The third-order valence-electron chi connectivity index (χ3n) is 9.55. The van der Waals surface area contributed by atoms with Gasteiger partial charge in [-0.2, -0.15) is 0 Å². The zero-order chi connectivity index (χ0) is 36.2. The van der Waals surface area contributed by atoms with Crippen molar-refractivity contribution in [2.75, 3.05) is 33.8 Å². The Morgan fingerprint density at radius 1 is 1.10 bits per heavy atom. The van der Waals surface area contributed by atoms with E-state index in [1.54, 1.807) is 25.7 Å². The average molecular weight is 698 g/mol. The number of nitrogens with one attached hydrogen (secondary N) is 2. The van der Waals surface area contributed by atoms with E-state index in [0.29, 0.717) is 38.3 Å². The molecule has 14 heteroatoms. The van der Waals surface area contributed by atoms with Gasteiger partial charge in [0.2, 0.25) is 11.8 Å². The molecular weight excluding hydrogens is 646 g/mol. The fourth-order valence-corrected chi connectivity index (χ4v) is 6.75. The number of nitrogens with zero attached hydrogens (tertiary/aromatic N) is 3. The first-order valence-corrected chi connectivity index (χ1v) is 17.5. The number of hydrogen-bond donors (Lipinski definition) is 3. The molecular formula is C36H51N5O9. The normalized spacial score (nSPS) is 26.9. The number of carboxylic acids is 1. The van der Waals surface area contributed by atoms with Crippen LogP contribution in [0.15, 0.2) is 30.4 Å². The van der Waals surface area contributed by atoms with Crippen molar-refractivity contribution in [1.82, 2.24) is 25.3 Å². The van der Waals surface area contributed by atoms with Gasteiger partial charge < -0.3 is 39.8 Å². The standard InChI is InChI=1S/C36H51N5O9/c1-35(2,3)50-33(46)37-28-12-10-8-6-7-9-11-25-19-36(25,32(44)45)38-30(42)29-18-27(22-41(29)31(28)43)49-34(47)40-20-23-13-14-26(17-24(23)21-40)48-16-15-39(4)5/h9,11,13-14,17,25,27-29H,6-8,10,12,15-16,18-22H2,1-5H3,(H,37,46)(H,38,42)(H,44,45)/t25-,27-,28+,29?,36-/m1/s1. The highest BCUT2D eigenvalue weighted by molar-refractivity contribution is 5.96.